The van der Waals surface area contributed by atoms with E-state index in [1.165, 1.54) is 12.1 Å². The van der Waals surface area contributed by atoms with E-state index in [2.05, 4.69) is 0 Å². The van der Waals surface area contributed by atoms with Crippen LogP contribution in [0.5, 0.6) is 0 Å². The lowest BCUT2D eigenvalue weighted by Gasteiger charge is -2.25. The Kier molecular flexibility index (Phi) is 3.48. The second-order valence-corrected chi connectivity index (χ2v) is 6.58. The molecule has 0 radical (unpaired) electrons. The van der Waals surface area contributed by atoms with Crippen molar-refractivity contribution in [2.75, 3.05) is 0 Å². The third-order valence-electron chi connectivity index (χ3n) is 3.25. The van der Waals surface area contributed by atoms with Crippen molar-refractivity contribution in [3.05, 3.63) is 30.3 Å². The van der Waals surface area contributed by atoms with Gasteiger partial charge in [-0.25, -0.2) is 8.42 Å². The third kappa shape index (κ3) is 2.29. The van der Waals surface area contributed by atoms with Crippen molar-refractivity contribution in [2.24, 2.45) is 5.92 Å². The molecule has 1 aromatic rings. The zero-order chi connectivity index (χ0) is 13.2. The molecule has 1 unspecified atom stereocenters. The number of Topliss-reactive ketones (excluding diaryl/α,β-unsaturated/α-hetero) is 1. The highest BCUT2D eigenvalue weighted by Crippen LogP contribution is 2.31. The summed E-state index contributed by atoms with van der Waals surface area (Å²) in [6.45, 7) is 0. The van der Waals surface area contributed by atoms with Crippen LogP contribution in [0.25, 0.3) is 0 Å². The number of ketones is 1. The standard InChI is InChI=1S/C13H13NO3S/c14-9-10-6-7-11(15)8-13(10)18(16,17)12-4-2-1-3-5-12/h1-5,10,13H,6-8H2/t10?,13-/m0/s1. The molecule has 0 aromatic heterocycles. The van der Waals surface area contributed by atoms with Gasteiger partial charge in [0.15, 0.2) is 9.84 Å². The quantitative estimate of drug-likeness (QED) is 0.814. The van der Waals surface area contributed by atoms with Crippen LogP contribution in [-0.4, -0.2) is 19.5 Å². The van der Waals surface area contributed by atoms with E-state index in [1.54, 1.807) is 18.2 Å². The van der Waals surface area contributed by atoms with Gasteiger partial charge in [0.05, 0.1) is 22.1 Å². The lowest BCUT2D eigenvalue weighted by Crippen LogP contribution is -2.35. The minimum Gasteiger partial charge on any atom is -0.300 e. The van der Waals surface area contributed by atoms with E-state index >= 15 is 0 Å². The maximum absolute atomic E-state index is 12.4. The summed E-state index contributed by atoms with van der Waals surface area (Å²) in [6, 6.07) is 10.0. The average Bonchev–Trinajstić information content (AvgIpc) is 2.39. The Morgan fingerprint density at radius 3 is 2.50 bits per heavy atom. The maximum atomic E-state index is 12.4. The average molecular weight is 263 g/mol. The molecule has 0 heterocycles. The van der Waals surface area contributed by atoms with Crippen LogP contribution in [0, 0.1) is 17.2 Å². The van der Waals surface area contributed by atoms with Crippen LogP contribution < -0.4 is 0 Å². The molecule has 94 valence electrons. The zero-order valence-electron chi connectivity index (χ0n) is 9.74. The van der Waals surface area contributed by atoms with E-state index in [-0.39, 0.29) is 17.1 Å². The molecule has 4 nitrogen and oxygen atoms in total. The fourth-order valence-corrected chi connectivity index (χ4v) is 4.15. The number of carbonyl (C=O) groups is 1. The number of rotatable bonds is 2. The molecule has 2 atom stereocenters. The van der Waals surface area contributed by atoms with Crippen molar-refractivity contribution in [3.8, 4) is 6.07 Å². The normalized spacial score (nSPS) is 24.5. The molecule has 5 heteroatoms. The van der Waals surface area contributed by atoms with E-state index < -0.39 is 21.0 Å². The fraction of sp³-hybridized carbons (Fsp3) is 0.385. The number of sulfone groups is 1. The van der Waals surface area contributed by atoms with Gasteiger partial charge < -0.3 is 0 Å². The van der Waals surface area contributed by atoms with Gasteiger partial charge in [-0.3, -0.25) is 4.79 Å². The highest BCUT2D eigenvalue weighted by Gasteiger charge is 2.39. The summed E-state index contributed by atoms with van der Waals surface area (Å²) in [4.78, 5) is 11.6. The summed E-state index contributed by atoms with van der Waals surface area (Å²) in [5.41, 5.74) is 0. The molecule has 1 aliphatic carbocycles. The van der Waals surface area contributed by atoms with Crippen molar-refractivity contribution >= 4 is 15.6 Å². The first-order chi connectivity index (χ1) is 8.55. The maximum Gasteiger partial charge on any atom is 0.182 e. The Morgan fingerprint density at radius 2 is 1.89 bits per heavy atom. The highest BCUT2D eigenvalue weighted by molar-refractivity contribution is 7.92. The van der Waals surface area contributed by atoms with Crippen LogP contribution in [0.4, 0.5) is 0 Å². The van der Waals surface area contributed by atoms with E-state index in [9.17, 15) is 13.2 Å². The summed E-state index contributed by atoms with van der Waals surface area (Å²) in [5, 5.41) is 8.14. The van der Waals surface area contributed by atoms with Crippen LogP contribution >= 0.6 is 0 Å². The predicted molar refractivity (Wildman–Crippen MR) is 65.4 cm³/mol. The van der Waals surface area contributed by atoms with Crippen LogP contribution in [0.2, 0.25) is 0 Å². The largest absolute Gasteiger partial charge is 0.300 e. The van der Waals surface area contributed by atoms with Gasteiger partial charge in [-0.05, 0) is 18.6 Å². The Balaban J connectivity index is 2.40. The van der Waals surface area contributed by atoms with Gasteiger partial charge >= 0.3 is 0 Å². The molecule has 1 saturated carbocycles. The molecule has 1 fully saturated rings. The van der Waals surface area contributed by atoms with E-state index in [1.807, 2.05) is 6.07 Å². The van der Waals surface area contributed by atoms with Gasteiger partial charge in [0.2, 0.25) is 0 Å². The fourth-order valence-electron chi connectivity index (χ4n) is 2.23. The summed E-state index contributed by atoms with van der Waals surface area (Å²) < 4.78 is 24.8. The smallest absolute Gasteiger partial charge is 0.182 e. The summed E-state index contributed by atoms with van der Waals surface area (Å²) in [5.74, 6) is -0.668. The van der Waals surface area contributed by atoms with Gasteiger partial charge in [0.1, 0.15) is 5.78 Å². The lowest BCUT2D eigenvalue weighted by atomic mass is 9.89. The lowest BCUT2D eigenvalue weighted by molar-refractivity contribution is -0.120. The topological polar surface area (TPSA) is 75.0 Å². The van der Waals surface area contributed by atoms with Gasteiger partial charge in [0, 0.05) is 12.8 Å². The highest BCUT2D eigenvalue weighted by atomic mass is 32.2. The Morgan fingerprint density at radius 1 is 1.22 bits per heavy atom. The molecule has 1 aromatic carbocycles. The third-order valence-corrected chi connectivity index (χ3v) is 5.47. The number of benzene rings is 1. The Labute approximate surface area is 106 Å². The van der Waals surface area contributed by atoms with E-state index in [0.29, 0.717) is 12.8 Å². The van der Waals surface area contributed by atoms with Gasteiger partial charge in [-0.1, -0.05) is 18.2 Å². The molecule has 0 N–H and O–H groups in total. The molecule has 18 heavy (non-hydrogen) atoms. The minimum absolute atomic E-state index is 0.0462. The van der Waals surface area contributed by atoms with Crippen LogP contribution in [0.15, 0.2) is 35.2 Å². The van der Waals surface area contributed by atoms with Crippen molar-refractivity contribution < 1.29 is 13.2 Å². The van der Waals surface area contributed by atoms with Crippen molar-refractivity contribution in [3.63, 3.8) is 0 Å². The molecule has 0 amide bonds. The number of nitrogens with zero attached hydrogens (tertiary/aromatic N) is 1. The van der Waals surface area contributed by atoms with Gasteiger partial charge in [0.25, 0.3) is 0 Å². The number of hydrogen-bond donors (Lipinski definition) is 0. The zero-order valence-corrected chi connectivity index (χ0v) is 10.6. The second kappa shape index (κ2) is 4.91. The Bertz CT molecular complexity index is 586. The number of hydrogen-bond acceptors (Lipinski definition) is 4. The SMILES string of the molecule is N#CC1CCC(=O)C[C@@H]1S(=O)(=O)c1ccccc1. The van der Waals surface area contributed by atoms with Crippen molar-refractivity contribution in [1.29, 1.82) is 5.26 Å². The van der Waals surface area contributed by atoms with Crippen LogP contribution in [-0.2, 0) is 14.6 Å². The Hall–Kier alpha value is -1.67. The van der Waals surface area contributed by atoms with Crippen LogP contribution in [0.1, 0.15) is 19.3 Å². The number of carbonyl (C=O) groups excluding carboxylic acids is 1. The first-order valence-corrected chi connectivity index (χ1v) is 7.30. The molecular weight excluding hydrogens is 250 g/mol. The monoisotopic (exact) mass is 263 g/mol. The summed E-state index contributed by atoms with van der Waals surface area (Å²) in [6.07, 6.45) is 0.598. The molecule has 0 aliphatic heterocycles. The first-order valence-electron chi connectivity index (χ1n) is 5.76. The predicted octanol–water partition coefficient (Wildman–Crippen LogP) is 1.72. The number of nitriles is 1. The summed E-state index contributed by atoms with van der Waals surface area (Å²) in [7, 11) is -3.60. The van der Waals surface area contributed by atoms with Gasteiger partial charge in [-0.2, -0.15) is 5.26 Å². The molecule has 0 spiro atoms. The molecule has 2 rings (SSSR count). The van der Waals surface area contributed by atoms with E-state index in [0.717, 1.165) is 0 Å². The van der Waals surface area contributed by atoms with Crippen molar-refractivity contribution in [2.45, 2.75) is 29.4 Å². The molecule has 1 aliphatic rings. The minimum atomic E-state index is -3.60. The van der Waals surface area contributed by atoms with E-state index in [4.69, 9.17) is 5.26 Å². The second-order valence-electron chi connectivity index (χ2n) is 4.41. The molecular formula is C13H13NO3S. The van der Waals surface area contributed by atoms with Crippen molar-refractivity contribution in [1.82, 2.24) is 0 Å². The first kappa shape index (κ1) is 12.8. The molecule has 0 saturated heterocycles. The van der Waals surface area contributed by atoms with Gasteiger partial charge in [-0.15, -0.1) is 0 Å². The summed E-state index contributed by atoms with van der Waals surface area (Å²) >= 11 is 0. The van der Waals surface area contributed by atoms with Crippen LogP contribution in [0.3, 0.4) is 0 Å². The molecule has 0 bridgehead atoms.